The van der Waals surface area contributed by atoms with Crippen molar-refractivity contribution in [2.45, 2.75) is 46.2 Å². The van der Waals surface area contributed by atoms with E-state index in [1.54, 1.807) is 21.7 Å². The highest BCUT2D eigenvalue weighted by atomic mass is 19.1. The molecular formula is C20H25FN4O2. The third kappa shape index (κ3) is 4.35. The third-order valence-electron chi connectivity index (χ3n) is 4.58. The van der Waals surface area contributed by atoms with Crippen molar-refractivity contribution in [1.82, 2.24) is 15.1 Å². The van der Waals surface area contributed by atoms with Gasteiger partial charge in [0.15, 0.2) is 0 Å². The average Bonchev–Trinajstić information content (AvgIpc) is 3.18. The zero-order valence-electron chi connectivity index (χ0n) is 15.9. The molecule has 0 spiro atoms. The zero-order valence-corrected chi connectivity index (χ0v) is 15.9. The van der Waals surface area contributed by atoms with Crippen LogP contribution in [0.1, 0.15) is 43.4 Å². The first kappa shape index (κ1) is 19.1. The second-order valence-electron chi connectivity index (χ2n) is 7.29. The highest BCUT2D eigenvalue weighted by molar-refractivity contribution is 5.98. The molecule has 1 aromatic carbocycles. The van der Waals surface area contributed by atoms with Gasteiger partial charge in [-0.3, -0.25) is 14.3 Å². The van der Waals surface area contributed by atoms with Crippen molar-refractivity contribution in [2.24, 2.45) is 5.92 Å². The number of aryl methyl sites for hydroxylation is 1. The fourth-order valence-corrected chi connectivity index (χ4v) is 3.35. The molecule has 6 nitrogen and oxygen atoms in total. The molecule has 0 unspecified atom stereocenters. The molecule has 27 heavy (non-hydrogen) atoms. The van der Waals surface area contributed by atoms with E-state index in [-0.39, 0.29) is 30.1 Å². The Morgan fingerprint density at radius 3 is 2.67 bits per heavy atom. The standard InChI is InChI=1S/C20H25FN4O2/c1-4-25-18(10-15(23-25)9-13(2)3)20(27)22-16-11-19(26)24(12-16)17-7-5-14(21)6-8-17/h5-8,10,13,16H,4,9,11-12H2,1-3H3,(H,22,27)/t16-/m0/s1. The third-order valence-corrected chi connectivity index (χ3v) is 4.58. The highest BCUT2D eigenvalue weighted by Gasteiger charge is 2.32. The summed E-state index contributed by atoms with van der Waals surface area (Å²) in [6, 6.07) is 7.33. The molecule has 1 atom stereocenters. The molecule has 0 radical (unpaired) electrons. The zero-order chi connectivity index (χ0) is 19.6. The van der Waals surface area contributed by atoms with E-state index in [9.17, 15) is 14.0 Å². The summed E-state index contributed by atoms with van der Waals surface area (Å²) in [6.07, 6.45) is 1.04. The van der Waals surface area contributed by atoms with Crippen LogP contribution in [0.25, 0.3) is 0 Å². The lowest BCUT2D eigenvalue weighted by Crippen LogP contribution is -2.38. The van der Waals surface area contributed by atoms with E-state index in [1.807, 2.05) is 13.0 Å². The molecule has 1 aliphatic rings. The first-order valence-electron chi connectivity index (χ1n) is 9.31. The predicted molar refractivity (Wildman–Crippen MR) is 101 cm³/mol. The van der Waals surface area contributed by atoms with Crippen molar-refractivity contribution in [2.75, 3.05) is 11.4 Å². The van der Waals surface area contributed by atoms with Crippen LogP contribution in [0.3, 0.4) is 0 Å². The second kappa shape index (κ2) is 7.90. The fraction of sp³-hybridized carbons (Fsp3) is 0.450. The van der Waals surface area contributed by atoms with Crippen LogP contribution in [0.5, 0.6) is 0 Å². The Balaban J connectivity index is 1.69. The quantitative estimate of drug-likeness (QED) is 0.848. The van der Waals surface area contributed by atoms with Gasteiger partial charge in [-0.1, -0.05) is 13.8 Å². The molecule has 1 fully saturated rings. The molecule has 3 rings (SSSR count). The Morgan fingerprint density at radius 2 is 2.04 bits per heavy atom. The van der Waals surface area contributed by atoms with Crippen molar-refractivity contribution in [3.8, 4) is 0 Å². The topological polar surface area (TPSA) is 67.2 Å². The number of aromatic nitrogens is 2. The maximum atomic E-state index is 13.1. The molecule has 1 aromatic heterocycles. The van der Waals surface area contributed by atoms with E-state index in [4.69, 9.17) is 0 Å². The van der Waals surface area contributed by atoms with Crippen LogP contribution in [0.4, 0.5) is 10.1 Å². The number of hydrogen-bond donors (Lipinski definition) is 1. The number of benzene rings is 1. The summed E-state index contributed by atoms with van der Waals surface area (Å²) >= 11 is 0. The lowest BCUT2D eigenvalue weighted by Gasteiger charge is -2.17. The number of carbonyl (C=O) groups is 2. The molecule has 0 bridgehead atoms. The summed E-state index contributed by atoms with van der Waals surface area (Å²) in [5.41, 5.74) is 2.05. The summed E-state index contributed by atoms with van der Waals surface area (Å²) in [5, 5.41) is 7.43. The van der Waals surface area contributed by atoms with Crippen LogP contribution in [-0.4, -0.2) is 34.2 Å². The minimum Gasteiger partial charge on any atom is -0.346 e. The van der Waals surface area contributed by atoms with E-state index < -0.39 is 0 Å². The Bertz CT molecular complexity index is 829. The SMILES string of the molecule is CCn1nc(CC(C)C)cc1C(=O)N[C@H]1CC(=O)N(c2ccc(F)cc2)C1. The van der Waals surface area contributed by atoms with Crippen LogP contribution in [-0.2, 0) is 17.8 Å². The highest BCUT2D eigenvalue weighted by Crippen LogP contribution is 2.22. The van der Waals surface area contributed by atoms with Crippen LogP contribution in [0.2, 0.25) is 0 Å². The Hall–Kier alpha value is -2.70. The number of rotatable bonds is 6. The smallest absolute Gasteiger partial charge is 0.269 e. The fourth-order valence-electron chi connectivity index (χ4n) is 3.35. The second-order valence-corrected chi connectivity index (χ2v) is 7.29. The Morgan fingerprint density at radius 1 is 1.33 bits per heavy atom. The average molecular weight is 372 g/mol. The molecule has 2 amide bonds. The minimum atomic E-state index is -0.347. The van der Waals surface area contributed by atoms with Gasteiger partial charge in [-0.15, -0.1) is 0 Å². The summed E-state index contributed by atoms with van der Waals surface area (Å²) in [5.74, 6) is -0.201. The molecule has 1 saturated heterocycles. The lowest BCUT2D eigenvalue weighted by molar-refractivity contribution is -0.117. The number of hydrogen-bond acceptors (Lipinski definition) is 3. The molecule has 0 saturated carbocycles. The monoisotopic (exact) mass is 372 g/mol. The van der Waals surface area contributed by atoms with Gasteiger partial charge in [0.05, 0.1) is 11.7 Å². The molecule has 144 valence electrons. The summed E-state index contributed by atoms with van der Waals surface area (Å²) < 4.78 is 14.8. The van der Waals surface area contributed by atoms with Gasteiger partial charge in [0.25, 0.3) is 5.91 Å². The van der Waals surface area contributed by atoms with Crippen LogP contribution < -0.4 is 10.2 Å². The van der Waals surface area contributed by atoms with Gasteiger partial charge in [0.1, 0.15) is 11.5 Å². The van der Waals surface area contributed by atoms with Crippen LogP contribution in [0, 0.1) is 11.7 Å². The van der Waals surface area contributed by atoms with E-state index in [1.165, 1.54) is 12.1 Å². The molecule has 0 aliphatic carbocycles. The molecule has 1 N–H and O–H groups in total. The van der Waals surface area contributed by atoms with Crippen molar-refractivity contribution < 1.29 is 14.0 Å². The van der Waals surface area contributed by atoms with E-state index >= 15 is 0 Å². The Labute approximate surface area is 158 Å². The van der Waals surface area contributed by atoms with Gasteiger partial charge in [-0.25, -0.2) is 4.39 Å². The first-order valence-corrected chi connectivity index (χ1v) is 9.31. The first-order chi connectivity index (χ1) is 12.9. The number of nitrogens with one attached hydrogen (secondary N) is 1. The van der Waals surface area contributed by atoms with E-state index in [0.29, 0.717) is 30.4 Å². The molecule has 2 aromatic rings. The van der Waals surface area contributed by atoms with Crippen molar-refractivity contribution in [1.29, 1.82) is 0 Å². The van der Waals surface area contributed by atoms with Crippen molar-refractivity contribution in [3.63, 3.8) is 0 Å². The number of nitrogens with zero attached hydrogens (tertiary/aromatic N) is 3. The largest absolute Gasteiger partial charge is 0.346 e. The van der Waals surface area contributed by atoms with Gasteiger partial charge >= 0.3 is 0 Å². The molecular weight excluding hydrogens is 347 g/mol. The van der Waals surface area contributed by atoms with Crippen molar-refractivity contribution >= 4 is 17.5 Å². The van der Waals surface area contributed by atoms with Crippen LogP contribution >= 0.6 is 0 Å². The normalized spacial score (nSPS) is 17.0. The number of amides is 2. The number of anilines is 1. The summed E-state index contributed by atoms with van der Waals surface area (Å²) in [4.78, 5) is 26.6. The van der Waals surface area contributed by atoms with E-state index in [2.05, 4.69) is 24.3 Å². The number of carbonyl (C=O) groups excluding carboxylic acids is 2. The van der Waals surface area contributed by atoms with Gasteiger partial charge in [-0.2, -0.15) is 5.10 Å². The molecule has 2 heterocycles. The van der Waals surface area contributed by atoms with Gasteiger partial charge in [0.2, 0.25) is 5.91 Å². The Kier molecular flexibility index (Phi) is 5.58. The van der Waals surface area contributed by atoms with Gasteiger partial charge in [0, 0.05) is 25.2 Å². The summed E-state index contributed by atoms with van der Waals surface area (Å²) in [7, 11) is 0. The van der Waals surface area contributed by atoms with Crippen LogP contribution in [0.15, 0.2) is 30.3 Å². The van der Waals surface area contributed by atoms with E-state index in [0.717, 1.165) is 12.1 Å². The van der Waals surface area contributed by atoms with Crippen molar-refractivity contribution in [3.05, 3.63) is 47.5 Å². The summed E-state index contributed by atoms with van der Waals surface area (Å²) in [6.45, 7) is 7.14. The lowest BCUT2D eigenvalue weighted by atomic mass is 10.1. The molecule has 1 aliphatic heterocycles. The number of halogens is 1. The van der Waals surface area contributed by atoms with Gasteiger partial charge < -0.3 is 10.2 Å². The predicted octanol–water partition coefficient (Wildman–Crippen LogP) is 2.78. The maximum absolute atomic E-state index is 13.1. The maximum Gasteiger partial charge on any atom is 0.269 e. The molecule has 7 heteroatoms. The minimum absolute atomic E-state index is 0.0867. The van der Waals surface area contributed by atoms with Gasteiger partial charge in [-0.05, 0) is 49.6 Å².